The number of amides is 1. The normalized spacial score (nSPS) is 16.3. The first kappa shape index (κ1) is 17.4. The van der Waals surface area contributed by atoms with Crippen LogP contribution in [0.25, 0.3) is 0 Å². The third-order valence-electron chi connectivity index (χ3n) is 4.27. The van der Waals surface area contributed by atoms with Gasteiger partial charge in [0.15, 0.2) is 6.61 Å². The topological polar surface area (TPSA) is 55.4 Å². The van der Waals surface area contributed by atoms with Crippen molar-refractivity contribution >= 4 is 11.9 Å². The summed E-state index contributed by atoms with van der Waals surface area (Å²) in [5.41, 5.74) is -0.178. The molecule has 1 amide bonds. The van der Waals surface area contributed by atoms with E-state index in [4.69, 9.17) is 4.74 Å². The van der Waals surface area contributed by atoms with Gasteiger partial charge < -0.3 is 10.1 Å². The van der Waals surface area contributed by atoms with Crippen LogP contribution >= 0.6 is 0 Å². The number of rotatable bonds is 6. The molecule has 0 saturated heterocycles. The molecule has 2 rings (SSSR count). The number of esters is 1. The van der Waals surface area contributed by atoms with E-state index >= 15 is 0 Å². The number of hydrogen-bond donors (Lipinski definition) is 1. The fraction of sp³-hybridized carbons (Fsp3) is 0.556. The highest BCUT2D eigenvalue weighted by atomic mass is 19.1. The first-order chi connectivity index (χ1) is 10.9. The Morgan fingerprint density at radius 3 is 2.61 bits per heavy atom. The molecule has 1 fully saturated rings. The van der Waals surface area contributed by atoms with Crippen LogP contribution in [0.4, 0.5) is 4.39 Å². The number of hydrogen-bond acceptors (Lipinski definition) is 3. The Kier molecular flexibility index (Phi) is 5.74. The van der Waals surface area contributed by atoms with Crippen molar-refractivity contribution in [1.29, 1.82) is 0 Å². The van der Waals surface area contributed by atoms with Gasteiger partial charge in [-0.3, -0.25) is 9.59 Å². The van der Waals surface area contributed by atoms with Gasteiger partial charge in [-0.05, 0) is 36.5 Å². The van der Waals surface area contributed by atoms with Crippen LogP contribution in [0, 0.1) is 11.7 Å². The second-order valence-electron chi connectivity index (χ2n) is 6.57. The van der Waals surface area contributed by atoms with E-state index in [0.29, 0.717) is 30.9 Å². The molecule has 0 bridgehead atoms. The Balaban J connectivity index is 2.03. The highest BCUT2D eigenvalue weighted by Gasteiger charge is 2.44. The average molecular weight is 321 g/mol. The molecule has 1 aromatic carbocycles. The van der Waals surface area contributed by atoms with Gasteiger partial charge >= 0.3 is 5.97 Å². The first-order valence-electron chi connectivity index (χ1n) is 8.14. The van der Waals surface area contributed by atoms with Gasteiger partial charge in [-0.25, -0.2) is 4.39 Å². The number of carbonyl (C=O) groups excluding carboxylic acids is 2. The van der Waals surface area contributed by atoms with Gasteiger partial charge in [0.05, 0.1) is 5.41 Å². The molecule has 1 N–H and O–H groups in total. The zero-order chi connectivity index (χ0) is 16.9. The molecule has 0 heterocycles. The zero-order valence-electron chi connectivity index (χ0n) is 13.7. The van der Waals surface area contributed by atoms with E-state index in [2.05, 4.69) is 5.32 Å². The molecule has 1 aliphatic rings. The van der Waals surface area contributed by atoms with Gasteiger partial charge in [0.25, 0.3) is 5.91 Å². The molecular weight excluding hydrogens is 297 g/mol. The van der Waals surface area contributed by atoms with Crippen LogP contribution in [0.15, 0.2) is 24.3 Å². The minimum atomic E-state index is -0.819. The maximum Gasteiger partial charge on any atom is 0.317 e. The molecule has 4 nitrogen and oxygen atoms in total. The predicted octanol–water partition coefficient (Wildman–Crippen LogP) is 2.95. The lowest BCUT2D eigenvalue weighted by Crippen LogP contribution is -2.38. The highest BCUT2D eigenvalue weighted by Crippen LogP contribution is 2.42. The predicted molar refractivity (Wildman–Crippen MR) is 85.4 cm³/mol. The first-order valence-corrected chi connectivity index (χ1v) is 8.14. The Morgan fingerprint density at radius 1 is 1.30 bits per heavy atom. The summed E-state index contributed by atoms with van der Waals surface area (Å²) in [6, 6.07) is 6.12. The number of nitrogens with one attached hydrogen (secondary N) is 1. The largest absolute Gasteiger partial charge is 0.455 e. The van der Waals surface area contributed by atoms with Gasteiger partial charge in [0.1, 0.15) is 5.82 Å². The van der Waals surface area contributed by atoms with E-state index in [1.165, 1.54) is 12.1 Å². The Hall–Kier alpha value is -1.91. The third-order valence-corrected chi connectivity index (χ3v) is 4.27. The SMILES string of the molecule is CC(C)CNC(=O)COC(=O)C1(c2cccc(F)c2)CCCC1. The minimum absolute atomic E-state index is 0.289. The quantitative estimate of drug-likeness (QED) is 0.820. The summed E-state index contributed by atoms with van der Waals surface area (Å²) in [5, 5.41) is 2.71. The van der Waals surface area contributed by atoms with Crippen molar-refractivity contribution in [2.45, 2.75) is 44.9 Å². The average Bonchev–Trinajstić information content (AvgIpc) is 3.01. The van der Waals surface area contributed by atoms with Crippen LogP contribution in [0.3, 0.4) is 0 Å². The minimum Gasteiger partial charge on any atom is -0.455 e. The number of carbonyl (C=O) groups is 2. The van der Waals surface area contributed by atoms with Gasteiger partial charge in [0, 0.05) is 6.54 Å². The van der Waals surface area contributed by atoms with Crippen LogP contribution in [-0.4, -0.2) is 25.0 Å². The summed E-state index contributed by atoms with van der Waals surface area (Å²) >= 11 is 0. The van der Waals surface area contributed by atoms with E-state index in [1.54, 1.807) is 12.1 Å². The molecule has 0 atom stereocenters. The van der Waals surface area contributed by atoms with Gasteiger partial charge in [-0.15, -0.1) is 0 Å². The van der Waals surface area contributed by atoms with Crippen LogP contribution in [0.2, 0.25) is 0 Å². The lowest BCUT2D eigenvalue weighted by Gasteiger charge is -2.27. The Morgan fingerprint density at radius 2 is 2.00 bits per heavy atom. The molecule has 5 heteroatoms. The van der Waals surface area contributed by atoms with Crippen LogP contribution < -0.4 is 5.32 Å². The van der Waals surface area contributed by atoms with E-state index in [0.717, 1.165) is 12.8 Å². The summed E-state index contributed by atoms with van der Waals surface area (Å²) in [6.45, 7) is 4.24. The molecule has 0 aromatic heterocycles. The molecule has 23 heavy (non-hydrogen) atoms. The fourth-order valence-corrected chi connectivity index (χ4v) is 3.01. The summed E-state index contributed by atoms with van der Waals surface area (Å²) in [6.07, 6.45) is 3.04. The van der Waals surface area contributed by atoms with Gasteiger partial charge in [-0.1, -0.05) is 38.8 Å². The summed E-state index contributed by atoms with van der Waals surface area (Å²) in [4.78, 5) is 24.3. The molecule has 1 aromatic rings. The van der Waals surface area contributed by atoms with Crippen molar-refractivity contribution in [2.24, 2.45) is 5.92 Å². The third kappa shape index (κ3) is 4.30. The number of halogens is 1. The summed E-state index contributed by atoms with van der Waals surface area (Å²) < 4.78 is 18.8. The van der Waals surface area contributed by atoms with E-state index in [9.17, 15) is 14.0 Å². The highest BCUT2D eigenvalue weighted by molar-refractivity contribution is 5.86. The number of ether oxygens (including phenoxy) is 1. The number of benzene rings is 1. The van der Waals surface area contributed by atoms with Crippen molar-refractivity contribution in [2.75, 3.05) is 13.2 Å². The van der Waals surface area contributed by atoms with E-state index in [1.807, 2.05) is 13.8 Å². The van der Waals surface area contributed by atoms with Crippen LogP contribution in [0.5, 0.6) is 0 Å². The van der Waals surface area contributed by atoms with Crippen molar-refractivity contribution in [3.63, 3.8) is 0 Å². The van der Waals surface area contributed by atoms with E-state index < -0.39 is 11.4 Å². The standard InChI is InChI=1S/C18H24FNO3/c1-13(2)11-20-16(21)12-23-17(22)18(8-3-4-9-18)14-6-5-7-15(19)10-14/h5-7,10,13H,3-4,8-9,11-12H2,1-2H3,(H,20,21). The molecule has 0 aliphatic heterocycles. The smallest absolute Gasteiger partial charge is 0.317 e. The van der Waals surface area contributed by atoms with Crippen molar-refractivity contribution < 1.29 is 18.7 Å². The van der Waals surface area contributed by atoms with Gasteiger partial charge in [-0.2, -0.15) is 0 Å². The van der Waals surface area contributed by atoms with Crippen LogP contribution in [0.1, 0.15) is 45.1 Å². The Labute approximate surface area is 136 Å². The molecule has 1 saturated carbocycles. The molecule has 0 spiro atoms. The molecule has 126 valence electrons. The van der Waals surface area contributed by atoms with Crippen molar-refractivity contribution in [3.05, 3.63) is 35.6 Å². The fourth-order valence-electron chi connectivity index (χ4n) is 3.01. The zero-order valence-corrected chi connectivity index (χ0v) is 13.7. The maximum absolute atomic E-state index is 13.5. The van der Waals surface area contributed by atoms with E-state index in [-0.39, 0.29) is 18.3 Å². The lowest BCUT2D eigenvalue weighted by molar-refractivity contribution is -0.154. The summed E-state index contributed by atoms with van der Waals surface area (Å²) in [7, 11) is 0. The molecular formula is C18H24FNO3. The lowest BCUT2D eigenvalue weighted by atomic mass is 9.79. The van der Waals surface area contributed by atoms with Crippen molar-refractivity contribution in [3.8, 4) is 0 Å². The van der Waals surface area contributed by atoms with Crippen LogP contribution in [-0.2, 0) is 19.7 Å². The molecule has 1 aliphatic carbocycles. The second-order valence-corrected chi connectivity index (χ2v) is 6.57. The molecule has 0 radical (unpaired) electrons. The van der Waals surface area contributed by atoms with Gasteiger partial charge in [0.2, 0.25) is 0 Å². The summed E-state index contributed by atoms with van der Waals surface area (Å²) in [5.74, 6) is -0.765. The monoisotopic (exact) mass is 321 g/mol. The Bertz CT molecular complexity index is 565. The second kappa shape index (κ2) is 7.57. The maximum atomic E-state index is 13.5. The van der Waals surface area contributed by atoms with Crippen molar-refractivity contribution in [1.82, 2.24) is 5.32 Å². The molecule has 0 unspecified atom stereocenters.